The van der Waals surface area contributed by atoms with Crippen LogP contribution in [0.5, 0.6) is 0 Å². The van der Waals surface area contributed by atoms with Gasteiger partial charge in [-0.15, -0.1) is 0 Å². The van der Waals surface area contributed by atoms with Gasteiger partial charge in [-0.1, -0.05) is 26.7 Å². The van der Waals surface area contributed by atoms with E-state index in [0.717, 1.165) is 51.5 Å². The van der Waals surface area contributed by atoms with Gasteiger partial charge in [0, 0.05) is 37.0 Å². The van der Waals surface area contributed by atoms with Gasteiger partial charge in [-0.25, -0.2) is 0 Å². The molecule has 0 aliphatic carbocycles. The fourth-order valence-electron chi connectivity index (χ4n) is 3.79. The number of unbranched alkanes of at least 4 members (excludes halogenated alkanes) is 3. The molecule has 0 fully saturated rings. The Morgan fingerprint density at radius 1 is 0.732 bits per heavy atom. The average molecular weight is 588 g/mol. The van der Waals surface area contributed by atoms with Crippen LogP contribution in [-0.2, 0) is 9.59 Å². The van der Waals surface area contributed by atoms with Gasteiger partial charge in [0.15, 0.2) is 12.2 Å². The number of aliphatic hydroxyl groups excluding tert-OH is 4. The minimum absolute atomic E-state index is 0.0384. The zero-order valence-corrected chi connectivity index (χ0v) is 25.9. The number of amidine groups is 2. The van der Waals surface area contributed by atoms with Gasteiger partial charge in [0.2, 0.25) is 0 Å². The van der Waals surface area contributed by atoms with Gasteiger partial charge in [-0.05, 0) is 53.4 Å². The summed E-state index contributed by atoms with van der Waals surface area (Å²) in [4.78, 5) is 32.7. The van der Waals surface area contributed by atoms with Crippen molar-refractivity contribution in [1.82, 2.24) is 16.0 Å². The third kappa shape index (κ3) is 17.3. The maximum absolute atomic E-state index is 12.1. The molecule has 0 saturated carbocycles. The number of rotatable bonds is 21. The molecule has 0 radical (unpaired) electrons. The molecule has 41 heavy (non-hydrogen) atoms. The van der Waals surface area contributed by atoms with Crippen molar-refractivity contribution < 1.29 is 30.0 Å². The molecule has 0 spiro atoms. The summed E-state index contributed by atoms with van der Waals surface area (Å²) < 4.78 is 0. The van der Waals surface area contributed by atoms with Gasteiger partial charge in [-0.2, -0.15) is 0 Å². The Bertz CT molecular complexity index is 827. The van der Waals surface area contributed by atoms with Crippen molar-refractivity contribution in [3.05, 3.63) is 0 Å². The van der Waals surface area contributed by atoms with Crippen LogP contribution in [0, 0.1) is 0 Å². The zero-order chi connectivity index (χ0) is 31.6. The topological polar surface area (TPSA) is 228 Å². The summed E-state index contributed by atoms with van der Waals surface area (Å²) in [5.41, 5.74) is 11.4. The van der Waals surface area contributed by atoms with E-state index in [1.54, 1.807) is 20.8 Å². The molecule has 0 aromatic rings. The Morgan fingerprint density at radius 3 is 1.61 bits per heavy atom. The minimum atomic E-state index is -2.08. The maximum atomic E-state index is 12.1. The van der Waals surface area contributed by atoms with Crippen molar-refractivity contribution in [3.63, 3.8) is 0 Å². The van der Waals surface area contributed by atoms with Gasteiger partial charge < -0.3 is 47.8 Å². The first kappa shape index (κ1) is 38.7. The first-order chi connectivity index (χ1) is 19.1. The molecule has 0 heterocycles. The normalized spacial score (nSPS) is 16.1. The highest BCUT2D eigenvalue weighted by atomic mass is 16.4. The van der Waals surface area contributed by atoms with Crippen molar-refractivity contribution in [3.8, 4) is 0 Å². The molecule has 0 rings (SSSR count). The molecule has 4 unspecified atom stereocenters. The molecule has 0 aliphatic rings. The number of aliphatic imine (C=N–C) groups is 2. The second-order valence-corrected chi connectivity index (χ2v) is 11.8. The zero-order valence-electron chi connectivity index (χ0n) is 25.9. The van der Waals surface area contributed by atoms with Crippen LogP contribution in [-0.4, -0.2) is 106 Å². The van der Waals surface area contributed by atoms with Gasteiger partial charge in [0.25, 0.3) is 11.8 Å². The summed E-state index contributed by atoms with van der Waals surface area (Å²) in [5.74, 6) is -0.792. The number of carbonyl (C=O) groups is 2. The lowest BCUT2D eigenvalue weighted by molar-refractivity contribution is -0.156. The fourth-order valence-corrected chi connectivity index (χ4v) is 3.79. The van der Waals surface area contributed by atoms with Gasteiger partial charge in [0.05, 0.1) is 24.8 Å². The van der Waals surface area contributed by atoms with Crippen molar-refractivity contribution in [1.29, 1.82) is 0 Å². The molecule has 0 aromatic carbocycles. The number of aliphatic hydroxyl groups is 4. The molecule has 4 atom stereocenters. The van der Waals surface area contributed by atoms with E-state index in [1.807, 2.05) is 0 Å². The molecule has 11 N–H and O–H groups in total. The summed E-state index contributed by atoms with van der Waals surface area (Å²) >= 11 is 0. The molecule has 13 nitrogen and oxygen atoms in total. The lowest BCUT2D eigenvalue weighted by Gasteiger charge is -2.28. The monoisotopic (exact) mass is 587 g/mol. The van der Waals surface area contributed by atoms with E-state index >= 15 is 0 Å². The van der Waals surface area contributed by atoms with E-state index in [9.17, 15) is 30.0 Å². The maximum Gasteiger partial charge on any atom is 0.252 e. The molecule has 0 aliphatic heterocycles. The number of amides is 2. The van der Waals surface area contributed by atoms with Crippen LogP contribution in [0.1, 0.15) is 92.9 Å². The highest BCUT2D eigenvalue weighted by molar-refractivity contribution is 5.83. The van der Waals surface area contributed by atoms with E-state index in [4.69, 9.17) is 11.5 Å². The standard InChI is InChI=1S/C28H57N7O6/c1-7-28(6,8-2)34-18-17-32-20(30)14-12-10-9-11-13-19(29)31-15-16-33-25(40)23(38)21(36)22(37)24(39)26(41)35-27(3,4)5/h21-24,34,36-39H,7-18H2,1-6H3,(H2,29,31)(H2,30,32)(H,33,40)(H,35,41). The quantitative estimate of drug-likeness (QED) is 0.0486. The summed E-state index contributed by atoms with van der Waals surface area (Å²) in [6.07, 6.45) is -0.924. The summed E-state index contributed by atoms with van der Waals surface area (Å²) in [5, 5.41) is 48.3. The Labute approximate surface area is 245 Å². The van der Waals surface area contributed by atoms with Crippen molar-refractivity contribution in [2.45, 2.75) is 128 Å². The van der Waals surface area contributed by atoms with E-state index < -0.39 is 41.8 Å². The van der Waals surface area contributed by atoms with E-state index in [-0.39, 0.29) is 18.6 Å². The average Bonchev–Trinajstić information content (AvgIpc) is 2.92. The second kappa shape index (κ2) is 19.7. The van der Waals surface area contributed by atoms with E-state index in [1.165, 1.54) is 0 Å². The SMILES string of the molecule is CCC(C)(CC)NCCN=C(N)CCCCCCC(N)=NCCNC(=O)C(O)C(O)C(O)C(O)C(=O)NC(C)(C)C. The summed E-state index contributed by atoms with van der Waals surface area (Å²) in [7, 11) is 0. The van der Waals surface area contributed by atoms with E-state index in [2.05, 4.69) is 46.7 Å². The lowest BCUT2D eigenvalue weighted by Crippen LogP contribution is -2.56. The molecule has 0 aromatic heterocycles. The van der Waals surface area contributed by atoms with Crippen LogP contribution in [0.25, 0.3) is 0 Å². The molecular weight excluding hydrogens is 530 g/mol. The third-order valence-corrected chi connectivity index (χ3v) is 6.91. The Hall–Kier alpha value is -2.32. The smallest absolute Gasteiger partial charge is 0.252 e. The van der Waals surface area contributed by atoms with Gasteiger partial charge in [0.1, 0.15) is 12.2 Å². The largest absolute Gasteiger partial charge is 0.387 e. The predicted octanol–water partition coefficient (Wildman–Crippen LogP) is -0.316. The fraction of sp³-hybridized carbons (Fsp3) is 0.857. The first-order valence-electron chi connectivity index (χ1n) is 14.7. The molecule has 13 heteroatoms. The third-order valence-electron chi connectivity index (χ3n) is 6.91. The summed E-state index contributed by atoms with van der Waals surface area (Å²) in [6, 6.07) is 0. The highest BCUT2D eigenvalue weighted by Gasteiger charge is 2.38. The van der Waals surface area contributed by atoms with Crippen LogP contribution in [0.2, 0.25) is 0 Å². The number of nitrogens with two attached hydrogens (primary N) is 2. The Balaban J connectivity index is 4.17. The molecule has 240 valence electrons. The molecule has 0 bridgehead atoms. The number of hydrogen-bond donors (Lipinski definition) is 9. The van der Waals surface area contributed by atoms with Crippen molar-refractivity contribution in [2.75, 3.05) is 26.2 Å². The number of hydrogen-bond acceptors (Lipinski definition) is 9. The van der Waals surface area contributed by atoms with Gasteiger partial charge in [-0.3, -0.25) is 19.6 Å². The second-order valence-electron chi connectivity index (χ2n) is 11.8. The minimum Gasteiger partial charge on any atom is -0.387 e. The number of carbonyl (C=O) groups excluding carboxylic acids is 2. The Kier molecular flexibility index (Phi) is 18.6. The predicted molar refractivity (Wildman–Crippen MR) is 163 cm³/mol. The van der Waals surface area contributed by atoms with Crippen molar-refractivity contribution in [2.24, 2.45) is 21.5 Å². The lowest BCUT2D eigenvalue weighted by atomic mass is 9.96. The molecule has 0 saturated heterocycles. The van der Waals surface area contributed by atoms with Crippen molar-refractivity contribution >= 4 is 23.5 Å². The van der Waals surface area contributed by atoms with Crippen LogP contribution in [0.15, 0.2) is 9.98 Å². The molecule has 2 amide bonds. The summed E-state index contributed by atoms with van der Waals surface area (Å²) in [6.45, 7) is 13.3. The molecular formula is C28H57N7O6. The van der Waals surface area contributed by atoms with Crippen LogP contribution in [0.4, 0.5) is 0 Å². The first-order valence-corrected chi connectivity index (χ1v) is 14.7. The highest BCUT2D eigenvalue weighted by Crippen LogP contribution is 2.13. The number of nitrogens with zero attached hydrogens (tertiary/aromatic N) is 2. The van der Waals surface area contributed by atoms with E-state index in [0.29, 0.717) is 24.6 Å². The number of nitrogens with one attached hydrogen (secondary N) is 3. The van der Waals surface area contributed by atoms with Crippen LogP contribution >= 0.6 is 0 Å². The van der Waals surface area contributed by atoms with Crippen LogP contribution in [0.3, 0.4) is 0 Å². The van der Waals surface area contributed by atoms with Crippen LogP contribution < -0.4 is 27.4 Å². The Morgan fingerprint density at radius 2 is 1.17 bits per heavy atom. The van der Waals surface area contributed by atoms with Gasteiger partial charge >= 0.3 is 0 Å².